The highest BCUT2D eigenvalue weighted by molar-refractivity contribution is 5.44. The smallest absolute Gasteiger partial charge is 0.322 e. The van der Waals surface area contributed by atoms with Gasteiger partial charge in [0, 0.05) is 45.5 Å². The van der Waals surface area contributed by atoms with Gasteiger partial charge in [0.25, 0.3) is 0 Å². The van der Waals surface area contributed by atoms with Gasteiger partial charge in [-0.3, -0.25) is 0 Å². The molecule has 0 spiro atoms. The Labute approximate surface area is 160 Å². The normalized spacial score (nSPS) is 18.3. The fourth-order valence-corrected chi connectivity index (χ4v) is 3.66. The summed E-state index contributed by atoms with van der Waals surface area (Å²) in [6.45, 7) is 5.49. The van der Waals surface area contributed by atoms with Gasteiger partial charge in [-0.25, -0.2) is 4.98 Å². The fourth-order valence-electron chi connectivity index (χ4n) is 3.66. The van der Waals surface area contributed by atoms with Crippen LogP contribution in [0.4, 0.5) is 17.7 Å². The van der Waals surface area contributed by atoms with E-state index in [1.165, 1.54) is 25.7 Å². The molecule has 2 saturated heterocycles. The maximum atomic E-state index is 5.36. The maximum absolute atomic E-state index is 5.36. The van der Waals surface area contributed by atoms with Gasteiger partial charge in [0.05, 0.1) is 7.11 Å². The van der Waals surface area contributed by atoms with Gasteiger partial charge >= 0.3 is 6.01 Å². The fraction of sp³-hybridized carbons (Fsp3) is 0.579. The van der Waals surface area contributed by atoms with E-state index in [1.807, 2.05) is 18.3 Å². The number of pyridine rings is 1. The van der Waals surface area contributed by atoms with Gasteiger partial charge in [-0.1, -0.05) is 18.9 Å². The van der Waals surface area contributed by atoms with Crippen LogP contribution in [-0.4, -0.2) is 66.3 Å². The summed E-state index contributed by atoms with van der Waals surface area (Å²) in [5.74, 6) is 2.48. The molecule has 144 valence electrons. The van der Waals surface area contributed by atoms with Crippen molar-refractivity contribution >= 4 is 17.7 Å². The topological polar surface area (TPSA) is 70.5 Å². The summed E-state index contributed by atoms with van der Waals surface area (Å²) in [5, 5.41) is 0. The first-order chi connectivity index (χ1) is 13.3. The van der Waals surface area contributed by atoms with Crippen LogP contribution in [0, 0.1) is 0 Å². The van der Waals surface area contributed by atoms with E-state index in [1.54, 1.807) is 7.11 Å². The highest BCUT2D eigenvalue weighted by atomic mass is 16.5. The SMILES string of the molecule is COc1nc(N2CCCCCC2)nc(N2CCN(c3ccccn3)CC2)n1. The molecule has 2 fully saturated rings. The maximum Gasteiger partial charge on any atom is 0.322 e. The van der Waals surface area contributed by atoms with E-state index in [-0.39, 0.29) is 0 Å². The molecule has 8 nitrogen and oxygen atoms in total. The molecule has 0 saturated carbocycles. The predicted molar refractivity (Wildman–Crippen MR) is 106 cm³/mol. The first kappa shape index (κ1) is 17.8. The number of piperazine rings is 1. The van der Waals surface area contributed by atoms with Crippen molar-refractivity contribution in [3.05, 3.63) is 24.4 Å². The number of rotatable bonds is 4. The Balaban J connectivity index is 1.49. The number of hydrogen-bond donors (Lipinski definition) is 0. The van der Waals surface area contributed by atoms with Crippen LogP contribution >= 0.6 is 0 Å². The number of anilines is 3. The average Bonchev–Trinajstić information content (AvgIpc) is 3.04. The molecule has 0 amide bonds. The molecule has 0 unspecified atom stereocenters. The summed E-state index contributed by atoms with van der Waals surface area (Å²) < 4.78 is 5.36. The van der Waals surface area contributed by atoms with Gasteiger partial charge in [0.15, 0.2) is 0 Å². The van der Waals surface area contributed by atoms with Crippen LogP contribution in [-0.2, 0) is 0 Å². The lowest BCUT2D eigenvalue weighted by Gasteiger charge is -2.35. The van der Waals surface area contributed by atoms with Crippen molar-refractivity contribution in [2.24, 2.45) is 0 Å². The van der Waals surface area contributed by atoms with E-state index in [2.05, 4.69) is 35.7 Å². The van der Waals surface area contributed by atoms with Crippen molar-refractivity contribution in [1.82, 2.24) is 19.9 Å². The monoisotopic (exact) mass is 369 g/mol. The molecule has 4 heterocycles. The molecule has 27 heavy (non-hydrogen) atoms. The van der Waals surface area contributed by atoms with Gasteiger partial charge in [-0.2, -0.15) is 15.0 Å². The summed E-state index contributed by atoms with van der Waals surface area (Å²) >= 11 is 0. The lowest BCUT2D eigenvalue weighted by Crippen LogP contribution is -2.47. The van der Waals surface area contributed by atoms with Crippen molar-refractivity contribution in [3.63, 3.8) is 0 Å². The minimum Gasteiger partial charge on any atom is -0.467 e. The molecular formula is C19H27N7O. The molecule has 0 N–H and O–H groups in total. The summed E-state index contributed by atoms with van der Waals surface area (Å²) in [5.41, 5.74) is 0. The third-order valence-corrected chi connectivity index (χ3v) is 5.20. The van der Waals surface area contributed by atoms with Crippen LogP contribution in [0.3, 0.4) is 0 Å². The minimum absolute atomic E-state index is 0.395. The van der Waals surface area contributed by atoms with Gasteiger partial charge < -0.3 is 19.4 Å². The molecule has 2 aliphatic heterocycles. The second-order valence-corrected chi connectivity index (χ2v) is 6.99. The summed E-state index contributed by atoms with van der Waals surface area (Å²) in [7, 11) is 1.62. The number of ether oxygens (including phenoxy) is 1. The first-order valence-electron chi connectivity index (χ1n) is 9.79. The average molecular weight is 369 g/mol. The minimum atomic E-state index is 0.395. The Morgan fingerprint density at radius 2 is 1.37 bits per heavy atom. The molecule has 0 atom stereocenters. The van der Waals surface area contributed by atoms with Crippen LogP contribution in [0.25, 0.3) is 0 Å². The highest BCUT2D eigenvalue weighted by Gasteiger charge is 2.23. The Morgan fingerprint density at radius 3 is 1.96 bits per heavy atom. The molecule has 2 aromatic rings. The van der Waals surface area contributed by atoms with E-state index in [0.29, 0.717) is 12.0 Å². The van der Waals surface area contributed by atoms with Crippen LogP contribution < -0.4 is 19.4 Å². The first-order valence-corrected chi connectivity index (χ1v) is 9.79. The van der Waals surface area contributed by atoms with Crippen molar-refractivity contribution < 1.29 is 4.74 Å². The molecule has 2 aromatic heterocycles. The largest absolute Gasteiger partial charge is 0.467 e. The van der Waals surface area contributed by atoms with Crippen molar-refractivity contribution in [3.8, 4) is 6.01 Å². The summed E-state index contributed by atoms with van der Waals surface area (Å²) in [4.78, 5) is 25.0. The standard InChI is InChI=1S/C19H27N7O/c1-27-19-22-17(25-10-6-2-3-7-11-25)21-18(23-19)26-14-12-24(13-15-26)16-8-4-5-9-20-16/h4-5,8-9H,2-3,6-7,10-15H2,1H3. The van der Waals surface area contributed by atoms with E-state index < -0.39 is 0 Å². The Kier molecular flexibility index (Phi) is 5.50. The predicted octanol–water partition coefficient (Wildman–Crippen LogP) is 1.98. The van der Waals surface area contributed by atoms with Gasteiger partial charge in [0.1, 0.15) is 5.82 Å². The van der Waals surface area contributed by atoms with E-state index in [0.717, 1.165) is 51.0 Å². The third kappa shape index (κ3) is 4.20. The Hall–Kier alpha value is -2.64. The van der Waals surface area contributed by atoms with E-state index in [4.69, 9.17) is 9.72 Å². The van der Waals surface area contributed by atoms with Crippen molar-refractivity contribution in [2.45, 2.75) is 25.7 Å². The lowest BCUT2D eigenvalue weighted by atomic mass is 10.2. The van der Waals surface area contributed by atoms with Gasteiger partial charge in [0.2, 0.25) is 11.9 Å². The number of methoxy groups -OCH3 is 1. The van der Waals surface area contributed by atoms with Crippen molar-refractivity contribution in [1.29, 1.82) is 0 Å². The molecular weight excluding hydrogens is 342 g/mol. The highest BCUT2D eigenvalue weighted by Crippen LogP contribution is 2.22. The summed E-state index contributed by atoms with van der Waals surface area (Å²) in [6.07, 6.45) is 6.77. The summed E-state index contributed by atoms with van der Waals surface area (Å²) in [6, 6.07) is 6.42. The van der Waals surface area contributed by atoms with Gasteiger partial charge in [-0.15, -0.1) is 0 Å². The molecule has 0 bridgehead atoms. The van der Waals surface area contributed by atoms with E-state index in [9.17, 15) is 0 Å². The quantitative estimate of drug-likeness (QED) is 0.810. The number of nitrogens with zero attached hydrogens (tertiary/aromatic N) is 7. The van der Waals surface area contributed by atoms with Crippen LogP contribution in [0.15, 0.2) is 24.4 Å². The number of aromatic nitrogens is 4. The zero-order chi connectivity index (χ0) is 18.5. The van der Waals surface area contributed by atoms with Crippen molar-refractivity contribution in [2.75, 3.05) is 61.1 Å². The van der Waals surface area contributed by atoms with Crippen LogP contribution in [0.5, 0.6) is 6.01 Å². The molecule has 2 aliphatic rings. The second kappa shape index (κ2) is 8.37. The van der Waals surface area contributed by atoms with Crippen LogP contribution in [0.1, 0.15) is 25.7 Å². The van der Waals surface area contributed by atoms with E-state index >= 15 is 0 Å². The number of hydrogen-bond acceptors (Lipinski definition) is 8. The molecule has 8 heteroatoms. The molecule has 0 aromatic carbocycles. The Morgan fingerprint density at radius 1 is 0.741 bits per heavy atom. The third-order valence-electron chi connectivity index (χ3n) is 5.20. The molecule has 0 radical (unpaired) electrons. The zero-order valence-corrected chi connectivity index (χ0v) is 15.9. The second-order valence-electron chi connectivity index (χ2n) is 6.99. The Bertz CT molecular complexity index is 726. The molecule has 4 rings (SSSR count). The van der Waals surface area contributed by atoms with Crippen LogP contribution in [0.2, 0.25) is 0 Å². The zero-order valence-electron chi connectivity index (χ0n) is 15.9. The van der Waals surface area contributed by atoms with Gasteiger partial charge in [-0.05, 0) is 25.0 Å². The lowest BCUT2D eigenvalue weighted by molar-refractivity contribution is 0.377. The molecule has 0 aliphatic carbocycles.